The quantitative estimate of drug-likeness (QED) is 0.569. The maximum Gasteiger partial charge on any atom is 0.251 e. The van der Waals surface area contributed by atoms with Crippen molar-refractivity contribution in [3.8, 4) is 0 Å². The molecule has 0 radical (unpaired) electrons. The molecule has 0 unspecified atom stereocenters. The van der Waals surface area contributed by atoms with Crippen molar-refractivity contribution in [1.29, 1.82) is 0 Å². The first-order valence-corrected chi connectivity index (χ1v) is 10.5. The lowest BCUT2D eigenvalue weighted by atomic mass is 10.2. The van der Waals surface area contributed by atoms with E-state index in [1.807, 2.05) is 48.5 Å². The highest BCUT2D eigenvalue weighted by Crippen LogP contribution is 2.29. The molecule has 0 fully saturated rings. The smallest absolute Gasteiger partial charge is 0.251 e. The van der Waals surface area contributed by atoms with Crippen LogP contribution in [0, 0.1) is 0 Å². The largest absolute Gasteiger partial charge is 0.351 e. The number of rotatable bonds is 8. The van der Waals surface area contributed by atoms with Gasteiger partial charge in [0.25, 0.3) is 5.91 Å². The molecule has 6 heteroatoms. The van der Waals surface area contributed by atoms with Gasteiger partial charge in [0.2, 0.25) is 0 Å². The summed E-state index contributed by atoms with van der Waals surface area (Å²) in [4.78, 5) is 19.5. The summed E-state index contributed by atoms with van der Waals surface area (Å²) in [6, 6.07) is 16.5. The van der Waals surface area contributed by atoms with E-state index in [1.165, 1.54) is 0 Å². The van der Waals surface area contributed by atoms with Crippen molar-refractivity contribution in [2.45, 2.75) is 39.8 Å². The van der Waals surface area contributed by atoms with Gasteiger partial charge in [-0.25, -0.2) is 4.98 Å². The number of amides is 1. The molecule has 1 amide bonds. The molecule has 0 spiro atoms. The minimum absolute atomic E-state index is 0.0414. The van der Waals surface area contributed by atoms with Gasteiger partial charge in [0.1, 0.15) is 0 Å². The number of benzene rings is 2. The fourth-order valence-corrected chi connectivity index (χ4v) is 4.20. The summed E-state index contributed by atoms with van der Waals surface area (Å²) in [5.74, 6) is -0.0414. The Labute approximate surface area is 170 Å². The van der Waals surface area contributed by atoms with Crippen LogP contribution < -0.4 is 10.6 Å². The van der Waals surface area contributed by atoms with Crippen molar-refractivity contribution in [2.75, 3.05) is 18.4 Å². The van der Waals surface area contributed by atoms with E-state index >= 15 is 0 Å². The number of aromatic nitrogens is 1. The van der Waals surface area contributed by atoms with Crippen LogP contribution in [0.4, 0.5) is 10.8 Å². The molecule has 0 aliphatic rings. The second-order valence-corrected chi connectivity index (χ2v) is 8.40. The second kappa shape index (κ2) is 9.17. The third kappa shape index (κ3) is 5.09. The summed E-state index contributed by atoms with van der Waals surface area (Å²) in [6.45, 7) is 10.2. The van der Waals surface area contributed by atoms with Crippen LogP contribution in [-0.2, 0) is 0 Å². The molecule has 3 rings (SSSR count). The number of hydrogen-bond donors (Lipinski definition) is 2. The molecule has 1 heterocycles. The van der Waals surface area contributed by atoms with E-state index in [0.717, 1.165) is 27.6 Å². The van der Waals surface area contributed by atoms with Gasteiger partial charge in [-0.05, 0) is 58.0 Å². The fourth-order valence-electron chi connectivity index (χ4n) is 3.28. The number of carbonyl (C=O) groups excluding carboxylic acids is 1. The van der Waals surface area contributed by atoms with E-state index in [1.54, 1.807) is 11.3 Å². The first kappa shape index (κ1) is 20.3. The second-order valence-electron chi connectivity index (χ2n) is 7.37. The highest BCUT2D eigenvalue weighted by molar-refractivity contribution is 7.22. The maximum atomic E-state index is 12.5. The molecular formula is C22H28N4OS. The number of hydrogen-bond acceptors (Lipinski definition) is 5. The number of para-hydroxylation sites is 1. The van der Waals surface area contributed by atoms with Crippen molar-refractivity contribution in [3.05, 3.63) is 54.1 Å². The summed E-state index contributed by atoms with van der Waals surface area (Å²) >= 11 is 1.55. The Morgan fingerprint density at radius 3 is 2.46 bits per heavy atom. The number of fused-ring (bicyclic) bond motifs is 1. The fraction of sp³-hybridized carbons (Fsp3) is 0.364. The molecule has 0 bridgehead atoms. The molecule has 2 N–H and O–H groups in total. The van der Waals surface area contributed by atoms with Crippen LogP contribution in [0.5, 0.6) is 0 Å². The summed E-state index contributed by atoms with van der Waals surface area (Å²) < 4.78 is 0.997. The van der Waals surface area contributed by atoms with Crippen LogP contribution in [0.3, 0.4) is 0 Å². The monoisotopic (exact) mass is 396 g/mol. The van der Waals surface area contributed by atoms with Crippen LogP contribution in [0.1, 0.15) is 38.1 Å². The van der Waals surface area contributed by atoms with Crippen LogP contribution in [-0.4, -0.2) is 41.0 Å². The zero-order valence-corrected chi connectivity index (χ0v) is 17.7. The van der Waals surface area contributed by atoms with E-state index in [-0.39, 0.29) is 5.91 Å². The van der Waals surface area contributed by atoms with Crippen molar-refractivity contribution in [1.82, 2.24) is 15.2 Å². The minimum Gasteiger partial charge on any atom is -0.351 e. The van der Waals surface area contributed by atoms with Gasteiger partial charge in [-0.3, -0.25) is 9.69 Å². The summed E-state index contributed by atoms with van der Waals surface area (Å²) in [7, 11) is 0. The van der Waals surface area contributed by atoms with Gasteiger partial charge in [-0.15, -0.1) is 0 Å². The molecule has 0 saturated heterocycles. The summed E-state index contributed by atoms with van der Waals surface area (Å²) in [5, 5.41) is 7.17. The first-order chi connectivity index (χ1) is 13.4. The van der Waals surface area contributed by atoms with Crippen LogP contribution in [0.25, 0.3) is 10.2 Å². The number of nitrogens with zero attached hydrogens (tertiary/aromatic N) is 2. The number of nitrogens with one attached hydrogen (secondary N) is 2. The summed E-state index contributed by atoms with van der Waals surface area (Å²) in [6.07, 6.45) is 0. The average molecular weight is 397 g/mol. The van der Waals surface area contributed by atoms with E-state index < -0.39 is 0 Å². The Morgan fingerprint density at radius 1 is 1.07 bits per heavy atom. The van der Waals surface area contributed by atoms with E-state index in [2.05, 4.69) is 48.2 Å². The minimum atomic E-state index is -0.0414. The Kier molecular flexibility index (Phi) is 6.65. The normalized spacial score (nSPS) is 11.5. The molecular weight excluding hydrogens is 368 g/mol. The zero-order chi connectivity index (χ0) is 20.1. The Balaban J connectivity index is 1.64. The van der Waals surface area contributed by atoms with E-state index in [9.17, 15) is 4.79 Å². The summed E-state index contributed by atoms with van der Waals surface area (Å²) in [5.41, 5.74) is 2.56. The van der Waals surface area contributed by atoms with Crippen LogP contribution in [0.2, 0.25) is 0 Å². The molecule has 3 aromatic rings. The molecule has 0 aliphatic heterocycles. The third-order valence-corrected chi connectivity index (χ3v) is 5.59. The molecule has 0 saturated carbocycles. The predicted octanol–water partition coefficient (Wildman–Crippen LogP) is 4.89. The molecule has 28 heavy (non-hydrogen) atoms. The van der Waals surface area contributed by atoms with Crippen molar-refractivity contribution >= 4 is 38.3 Å². The van der Waals surface area contributed by atoms with Gasteiger partial charge < -0.3 is 10.6 Å². The number of thiazole rings is 1. The molecule has 1 aromatic heterocycles. The highest BCUT2D eigenvalue weighted by atomic mass is 32.1. The van der Waals surface area contributed by atoms with Gasteiger partial charge >= 0.3 is 0 Å². The Bertz CT molecular complexity index is 913. The molecule has 5 nitrogen and oxygen atoms in total. The van der Waals surface area contributed by atoms with Gasteiger partial charge in [0.15, 0.2) is 5.13 Å². The number of anilines is 2. The average Bonchev–Trinajstić information content (AvgIpc) is 3.06. The Morgan fingerprint density at radius 2 is 1.79 bits per heavy atom. The topological polar surface area (TPSA) is 57.3 Å². The van der Waals surface area contributed by atoms with Crippen LogP contribution >= 0.6 is 11.3 Å². The Hall–Kier alpha value is -2.44. The highest BCUT2D eigenvalue weighted by Gasteiger charge is 2.14. The first-order valence-electron chi connectivity index (χ1n) is 9.70. The predicted molar refractivity (Wildman–Crippen MR) is 119 cm³/mol. The van der Waals surface area contributed by atoms with Gasteiger partial charge in [0, 0.05) is 36.4 Å². The number of carbonyl (C=O) groups is 1. The molecule has 148 valence electrons. The maximum absolute atomic E-state index is 12.5. The van der Waals surface area contributed by atoms with E-state index in [0.29, 0.717) is 24.2 Å². The van der Waals surface area contributed by atoms with Crippen molar-refractivity contribution < 1.29 is 4.79 Å². The van der Waals surface area contributed by atoms with Crippen LogP contribution in [0.15, 0.2) is 48.5 Å². The lowest BCUT2D eigenvalue weighted by Gasteiger charge is -2.30. The van der Waals surface area contributed by atoms with Crippen molar-refractivity contribution in [3.63, 3.8) is 0 Å². The molecule has 0 aliphatic carbocycles. The third-order valence-electron chi connectivity index (χ3n) is 4.66. The van der Waals surface area contributed by atoms with Gasteiger partial charge in [-0.2, -0.15) is 0 Å². The van der Waals surface area contributed by atoms with Gasteiger partial charge in [-0.1, -0.05) is 29.5 Å². The van der Waals surface area contributed by atoms with Gasteiger partial charge in [0.05, 0.1) is 10.2 Å². The molecule has 0 atom stereocenters. The SMILES string of the molecule is CC(C)N(CCNC(=O)c1ccc2nc(Nc3ccccc3)sc2c1)C(C)C. The van der Waals surface area contributed by atoms with E-state index in [4.69, 9.17) is 0 Å². The zero-order valence-electron chi connectivity index (χ0n) is 16.9. The lowest BCUT2D eigenvalue weighted by Crippen LogP contribution is -2.42. The lowest BCUT2D eigenvalue weighted by molar-refractivity contribution is 0.0939. The van der Waals surface area contributed by atoms with Crippen molar-refractivity contribution in [2.24, 2.45) is 0 Å². The molecule has 2 aromatic carbocycles. The standard InChI is InChI=1S/C22H28N4OS/c1-15(2)26(16(3)4)13-12-23-21(27)17-10-11-19-20(14-17)28-22(25-19)24-18-8-6-5-7-9-18/h5-11,14-16H,12-13H2,1-4H3,(H,23,27)(H,24,25).